The first-order valence-electron chi connectivity index (χ1n) is 6.46. The van der Waals surface area contributed by atoms with Crippen LogP contribution >= 0.6 is 34.8 Å². The number of thiocarbonyl (C=S) groups is 1. The molecule has 0 aliphatic carbocycles. The van der Waals surface area contributed by atoms with Crippen molar-refractivity contribution in [3.05, 3.63) is 39.5 Å². The summed E-state index contributed by atoms with van der Waals surface area (Å²) in [5, 5.41) is 4.77. The van der Waals surface area contributed by atoms with Crippen molar-refractivity contribution in [1.29, 1.82) is 0 Å². The quantitative estimate of drug-likeness (QED) is 0.238. The number of benzene rings is 1. The van der Waals surface area contributed by atoms with Crippen molar-refractivity contribution < 1.29 is 19.1 Å². The van der Waals surface area contributed by atoms with Crippen LogP contribution in [0, 0.1) is 3.57 Å². The summed E-state index contributed by atoms with van der Waals surface area (Å²) in [6.07, 6.45) is 3.10. The summed E-state index contributed by atoms with van der Waals surface area (Å²) < 4.78 is 11.7. The minimum Gasteiger partial charge on any atom is -0.493 e. The standard InChI is InChI=1S/C15H13IN2O4S/c1-3-4-22-12-10(16)6-8(7-11(12)21-2)5-9-13(19)17-15(23)18-14(9)20/h3,5-7H,1,4H2,2H3,(H2,17,18,19,20,23). The fourth-order valence-electron chi connectivity index (χ4n) is 1.88. The maximum absolute atomic E-state index is 11.9. The van der Waals surface area contributed by atoms with Crippen LogP contribution in [0.3, 0.4) is 0 Å². The molecule has 6 nitrogen and oxygen atoms in total. The average molecular weight is 444 g/mol. The Morgan fingerprint density at radius 1 is 1.30 bits per heavy atom. The van der Waals surface area contributed by atoms with E-state index in [1.807, 2.05) is 0 Å². The molecule has 0 bridgehead atoms. The first kappa shape index (κ1) is 17.4. The second kappa shape index (κ2) is 7.55. The van der Waals surface area contributed by atoms with E-state index < -0.39 is 11.8 Å². The molecule has 1 fully saturated rings. The lowest BCUT2D eigenvalue weighted by Gasteiger charge is -2.17. The van der Waals surface area contributed by atoms with Gasteiger partial charge in [-0.25, -0.2) is 0 Å². The van der Waals surface area contributed by atoms with Gasteiger partial charge >= 0.3 is 0 Å². The molecular weight excluding hydrogens is 431 g/mol. The summed E-state index contributed by atoms with van der Waals surface area (Å²) in [4.78, 5) is 23.7. The monoisotopic (exact) mass is 444 g/mol. The van der Waals surface area contributed by atoms with Crippen molar-refractivity contribution >= 4 is 57.8 Å². The van der Waals surface area contributed by atoms with Gasteiger partial charge in [0.05, 0.1) is 10.7 Å². The number of halogens is 1. The number of ether oxygens (including phenoxy) is 2. The van der Waals surface area contributed by atoms with Crippen LogP contribution in [-0.2, 0) is 9.59 Å². The highest BCUT2D eigenvalue weighted by Gasteiger charge is 2.26. The molecule has 2 N–H and O–H groups in total. The first-order valence-corrected chi connectivity index (χ1v) is 7.94. The molecule has 2 amide bonds. The van der Waals surface area contributed by atoms with Gasteiger partial charge in [0.15, 0.2) is 16.6 Å². The zero-order valence-corrected chi connectivity index (χ0v) is 15.1. The number of hydrogen-bond acceptors (Lipinski definition) is 5. The SMILES string of the molecule is C=CCOc1c(I)cc(C=C2C(=O)NC(=S)NC2=O)cc1OC. The van der Waals surface area contributed by atoms with E-state index in [1.165, 1.54) is 13.2 Å². The maximum Gasteiger partial charge on any atom is 0.263 e. The molecule has 1 aromatic carbocycles. The van der Waals surface area contributed by atoms with Crippen molar-refractivity contribution in [3.8, 4) is 11.5 Å². The highest BCUT2D eigenvalue weighted by Crippen LogP contribution is 2.34. The minimum absolute atomic E-state index is 0.00233. The van der Waals surface area contributed by atoms with Crippen LogP contribution in [0.15, 0.2) is 30.4 Å². The Kier molecular flexibility index (Phi) is 5.72. The number of nitrogens with one attached hydrogen (secondary N) is 2. The molecule has 1 saturated heterocycles. The Balaban J connectivity index is 2.40. The third-order valence-corrected chi connectivity index (χ3v) is 3.86. The van der Waals surface area contributed by atoms with E-state index in [1.54, 1.807) is 18.2 Å². The molecule has 0 unspecified atom stereocenters. The van der Waals surface area contributed by atoms with Crippen LogP contribution in [0.4, 0.5) is 0 Å². The van der Waals surface area contributed by atoms with E-state index in [2.05, 4.69) is 39.8 Å². The molecule has 23 heavy (non-hydrogen) atoms. The molecule has 0 atom stereocenters. The molecule has 8 heteroatoms. The summed E-state index contributed by atoms with van der Waals surface area (Å²) in [6, 6.07) is 3.46. The molecule has 0 radical (unpaired) electrons. The van der Waals surface area contributed by atoms with Gasteiger partial charge in [-0.2, -0.15) is 0 Å². The van der Waals surface area contributed by atoms with Crippen LogP contribution in [0.1, 0.15) is 5.56 Å². The Hall–Kier alpha value is -1.94. The molecule has 1 aliphatic rings. The van der Waals surface area contributed by atoms with Gasteiger partial charge < -0.3 is 9.47 Å². The third-order valence-electron chi connectivity index (χ3n) is 2.85. The lowest BCUT2D eigenvalue weighted by molar-refractivity contribution is -0.123. The van der Waals surface area contributed by atoms with Crippen molar-refractivity contribution in [2.75, 3.05) is 13.7 Å². The smallest absolute Gasteiger partial charge is 0.263 e. The predicted molar refractivity (Wildman–Crippen MR) is 98.3 cm³/mol. The minimum atomic E-state index is -0.542. The van der Waals surface area contributed by atoms with E-state index in [0.717, 1.165) is 3.57 Å². The van der Waals surface area contributed by atoms with E-state index in [4.69, 9.17) is 21.7 Å². The van der Waals surface area contributed by atoms with E-state index in [9.17, 15) is 9.59 Å². The summed E-state index contributed by atoms with van der Waals surface area (Å²) in [5.74, 6) is -0.00830. The van der Waals surface area contributed by atoms with E-state index >= 15 is 0 Å². The summed E-state index contributed by atoms with van der Waals surface area (Å²) >= 11 is 6.85. The fourth-order valence-corrected chi connectivity index (χ4v) is 2.84. The average Bonchev–Trinajstić information content (AvgIpc) is 2.49. The van der Waals surface area contributed by atoms with Gasteiger partial charge in [0.1, 0.15) is 12.2 Å². The summed E-state index contributed by atoms with van der Waals surface area (Å²) in [5.41, 5.74) is 0.599. The van der Waals surface area contributed by atoms with Crippen LogP contribution in [0.2, 0.25) is 0 Å². The Bertz CT molecular complexity index is 708. The highest BCUT2D eigenvalue weighted by molar-refractivity contribution is 14.1. The topological polar surface area (TPSA) is 76.7 Å². The van der Waals surface area contributed by atoms with Crippen molar-refractivity contribution in [3.63, 3.8) is 0 Å². The van der Waals surface area contributed by atoms with Gasteiger partial charge in [0, 0.05) is 0 Å². The number of carbonyl (C=O) groups excluding carboxylic acids is 2. The first-order chi connectivity index (χ1) is 11.0. The second-order valence-corrected chi connectivity index (χ2v) is 6.00. The summed E-state index contributed by atoms with van der Waals surface area (Å²) in [6.45, 7) is 3.94. The number of rotatable bonds is 5. The largest absolute Gasteiger partial charge is 0.493 e. The van der Waals surface area contributed by atoms with Gasteiger partial charge in [0.25, 0.3) is 11.8 Å². The van der Waals surface area contributed by atoms with Gasteiger partial charge in [-0.3, -0.25) is 20.2 Å². The number of hydrogen-bond donors (Lipinski definition) is 2. The molecule has 1 heterocycles. The van der Waals surface area contributed by atoms with E-state index in [0.29, 0.717) is 23.7 Å². The molecule has 120 valence electrons. The molecule has 1 aromatic rings. The molecular formula is C15H13IN2O4S. The van der Waals surface area contributed by atoms with Gasteiger partial charge in [0.2, 0.25) is 0 Å². The third kappa shape index (κ3) is 4.08. The van der Waals surface area contributed by atoms with E-state index in [-0.39, 0.29) is 10.7 Å². The molecule has 1 aliphatic heterocycles. The van der Waals surface area contributed by atoms with Crippen LogP contribution in [0.5, 0.6) is 11.5 Å². The highest BCUT2D eigenvalue weighted by atomic mass is 127. The molecule has 0 aromatic heterocycles. The summed E-state index contributed by atoms with van der Waals surface area (Å²) in [7, 11) is 1.52. The van der Waals surface area contributed by atoms with Crippen LogP contribution in [0.25, 0.3) is 6.08 Å². The van der Waals surface area contributed by atoms with Gasteiger partial charge in [-0.15, -0.1) is 0 Å². The predicted octanol–water partition coefficient (Wildman–Crippen LogP) is 1.78. The van der Waals surface area contributed by atoms with Crippen LogP contribution in [-0.4, -0.2) is 30.6 Å². The molecule has 2 rings (SSSR count). The van der Waals surface area contributed by atoms with Gasteiger partial charge in [-0.1, -0.05) is 12.7 Å². The zero-order chi connectivity index (χ0) is 17.0. The van der Waals surface area contributed by atoms with Crippen molar-refractivity contribution in [2.24, 2.45) is 0 Å². The fraction of sp³-hybridized carbons (Fsp3) is 0.133. The Labute approximate surface area is 152 Å². The molecule has 0 saturated carbocycles. The Morgan fingerprint density at radius 2 is 1.96 bits per heavy atom. The number of amides is 2. The lowest BCUT2D eigenvalue weighted by atomic mass is 10.1. The normalized spacial score (nSPS) is 14.0. The molecule has 0 spiro atoms. The van der Waals surface area contributed by atoms with Crippen molar-refractivity contribution in [2.45, 2.75) is 0 Å². The second-order valence-electron chi connectivity index (χ2n) is 4.43. The zero-order valence-electron chi connectivity index (χ0n) is 12.1. The maximum atomic E-state index is 11.9. The number of methoxy groups -OCH3 is 1. The van der Waals surface area contributed by atoms with Crippen LogP contribution < -0.4 is 20.1 Å². The Morgan fingerprint density at radius 3 is 2.52 bits per heavy atom. The lowest BCUT2D eigenvalue weighted by Crippen LogP contribution is -2.51. The van der Waals surface area contributed by atoms with Crippen molar-refractivity contribution in [1.82, 2.24) is 10.6 Å². The number of carbonyl (C=O) groups is 2. The van der Waals surface area contributed by atoms with Gasteiger partial charge in [-0.05, 0) is 58.6 Å².